The van der Waals surface area contributed by atoms with Gasteiger partial charge in [0, 0.05) is 16.1 Å². The van der Waals surface area contributed by atoms with Gasteiger partial charge in [0.2, 0.25) is 0 Å². The number of aryl methyl sites for hydroxylation is 1. The first-order valence-electron chi connectivity index (χ1n) is 10.0. The van der Waals surface area contributed by atoms with Crippen molar-refractivity contribution in [3.05, 3.63) is 100 Å². The number of fused-ring (bicyclic) bond motifs is 2. The molecule has 4 nitrogen and oxygen atoms in total. The molecule has 1 aliphatic carbocycles. The molecule has 0 unspecified atom stereocenters. The maximum atomic E-state index is 13.6. The second kappa shape index (κ2) is 7.08. The summed E-state index contributed by atoms with van der Waals surface area (Å²) in [6.07, 6.45) is 1.07. The van der Waals surface area contributed by atoms with Gasteiger partial charge in [-0.25, -0.2) is 0 Å². The Labute approximate surface area is 179 Å². The van der Waals surface area contributed by atoms with Crippen LogP contribution in [0.1, 0.15) is 33.5 Å². The van der Waals surface area contributed by atoms with Crippen molar-refractivity contribution in [2.24, 2.45) is 5.92 Å². The highest BCUT2D eigenvalue weighted by Gasteiger charge is 2.57. The highest BCUT2D eigenvalue weighted by molar-refractivity contribution is 6.31. The van der Waals surface area contributed by atoms with Crippen LogP contribution in [0, 0.1) is 5.92 Å². The largest absolute Gasteiger partial charge is 0.375 e. The number of anilines is 1. The first-order valence-corrected chi connectivity index (χ1v) is 10.4. The third kappa shape index (κ3) is 2.72. The molecule has 0 spiro atoms. The molecule has 0 fully saturated rings. The van der Waals surface area contributed by atoms with Crippen molar-refractivity contribution in [2.75, 3.05) is 4.90 Å². The van der Waals surface area contributed by atoms with E-state index in [1.807, 2.05) is 48.5 Å². The number of hydrogen-bond donors (Lipinski definition) is 1. The molecule has 3 aromatic rings. The van der Waals surface area contributed by atoms with Crippen LogP contribution in [0.5, 0.6) is 0 Å². The van der Waals surface area contributed by atoms with Crippen LogP contribution in [0.25, 0.3) is 0 Å². The third-order valence-corrected chi connectivity index (χ3v) is 6.64. The summed E-state index contributed by atoms with van der Waals surface area (Å²) in [6, 6.07) is 21.9. The minimum atomic E-state index is -1.89. The van der Waals surface area contributed by atoms with E-state index in [0.29, 0.717) is 34.7 Å². The van der Waals surface area contributed by atoms with E-state index in [2.05, 4.69) is 0 Å². The highest BCUT2D eigenvalue weighted by atomic mass is 35.5. The van der Waals surface area contributed by atoms with Crippen molar-refractivity contribution in [1.82, 2.24) is 0 Å². The maximum absolute atomic E-state index is 13.6. The average molecular weight is 418 g/mol. The lowest BCUT2D eigenvalue weighted by Gasteiger charge is -2.34. The van der Waals surface area contributed by atoms with E-state index in [1.54, 1.807) is 29.2 Å². The molecule has 30 heavy (non-hydrogen) atoms. The van der Waals surface area contributed by atoms with Crippen LogP contribution >= 0.6 is 11.6 Å². The first kappa shape index (κ1) is 19.0. The summed E-state index contributed by atoms with van der Waals surface area (Å²) in [4.78, 5) is 28.5. The number of carbonyl (C=O) groups is 2. The minimum Gasteiger partial charge on any atom is -0.375 e. The van der Waals surface area contributed by atoms with Gasteiger partial charge in [-0.15, -0.1) is 0 Å². The zero-order valence-corrected chi connectivity index (χ0v) is 17.0. The molecule has 1 heterocycles. The predicted octanol–water partition coefficient (Wildman–Crippen LogP) is 4.52. The number of nitrogens with zero attached hydrogens (tertiary/aromatic N) is 1. The molecule has 1 N–H and O–H groups in total. The van der Waals surface area contributed by atoms with E-state index in [-0.39, 0.29) is 12.3 Å². The normalized spacial score (nSPS) is 22.7. The number of ketones is 1. The van der Waals surface area contributed by atoms with Crippen LogP contribution < -0.4 is 4.90 Å². The van der Waals surface area contributed by atoms with E-state index in [0.717, 1.165) is 11.1 Å². The van der Waals surface area contributed by atoms with Gasteiger partial charge in [-0.05, 0) is 36.1 Å². The number of amides is 1. The first-order chi connectivity index (χ1) is 14.5. The van der Waals surface area contributed by atoms with Crippen molar-refractivity contribution in [2.45, 2.75) is 25.0 Å². The summed E-state index contributed by atoms with van der Waals surface area (Å²) >= 11 is 6.32. The Morgan fingerprint density at radius 2 is 1.67 bits per heavy atom. The second-order valence-electron chi connectivity index (χ2n) is 7.88. The highest BCUT2D eigenvalue weighted by Crippen LogP contribution is 2.48. The molecule has 3 aromatic carbocycles. The van der Waals surface area contributed by atoms with E-state index >= 15 is 0 Å². The van der Waals surface area contributed by atoms with Crippen molar-refractivity contribution >= 4 is 29.0 Å². The Morgan fingerprint density at radius 3 is 2.50 bits per heavy atom. The molecule has 0 saturated carbocycles. The van der Waals surface area contributed by atoms with Gasteiger partial charge < -0.3 is 10.0 Å². The summed E-state index contributed by atoms with van der Waals surface area (Å²) in [5.41, 5.74) is 1.57. The average Bonchev–Trinajstić information content (AvgIpc) is 2.98. The summed E-state index contributed by atoms with van der Waals surface area (Å²) in [5, 5.41) is 12.4. The fourth-order valence-corrected chi connectivity index (χ4v) is 4.94. The topological polar surface area (TPSA) is 57.6 Å². The smallest absolute Gasteiger partial charge is 0.264 e. The van der Waals surface area contributed by atoms with Gasteiger partial charge in [-0.1, -0.05) is 72.3 Å². The fourth-order valence-electron chi connectivity index (χ4n) is 4.75. The molecule has 5 rings (SSSR count). The Morgan fingerprint density at radius 1 is 0.967 bits per heavy atom. The SMILES string of the molecule is O=C1c2ccccc2CC[C@H]1[C@]1(O)C(=O)N(Cc2ccccc2Cl)c2ccccc21. The Hall–Kier alpha value is -2.95. The van der Waals surface area contributed by atoms with Gasteiger partial charge in [-0.3, -0.25) is 9.59 Å². The van der Waals surface area contributed by atoms with Crippen molar-refractivity contribution in [1.29, 1.82) is 0 Å². The monoisotopic (exact) mass is 417 g/mol. The molecule has 1 amide bonds. The minimum absolute atomic E-state index is 0.179. The Kier molecular flexibility index (Phi) is 4.49. The van der Waals surface area contributed by atoms with Gasteiger partial charge in [0.1, 0.15) is 0 Å². The van der Waals surface area contributed by atoms with E-state index in [4.69, 9.17) is 11.6 Å². The molecular weight excluding hydrogens is 398 g/mol. The number of halogens is 1. The Balaban J connectivity index is 1.58. The lowest BCUT2D eigenvalue weighted by molar-refractivity contribution is -0.140. The van der Waals surface area contributed by atoms with E-state index in [1.165, 1.54) is 0 Å². The van der Waals surface area contributed by atoms with Crippen molar-refractivity contribution in [3.8, 4) is 0 Å². The van der Waals surface area contributed by atoms with Gasteiger partial charge in [0.05, 0.1) is 18.2 Å². The van der Waals surface area contributed by atoms with Gasteiger partial charge >= 0.3 is 0 Å². The molecule has 0 aromatic heterocycles. The summed E-state index contributed by atoms with van der Waals surface area (Å²) in [6.45, 7) is 0.231. The summed E-state index contributed by atoms with van der Waals surface area (Å²) in [5.74, 6) is -1.47. The van der Waals surface area contributed by atoms with Crippen molar-refractivity contribution in [3.63, 3.8) is 0 Å². The quantitative estimate of drug-likeness (QED) is 0.681. The fraction of sp³-hybridized carbons (Fsp3) is 0.200. The van der Waals surface area contributed by atoms with Gasteiger partial charge in [-0.2, -0.15) is 0 Å². The number of rotatable bonds is 3. The summed E-state index contributed by atoms with van der Waals surface area (Å²) in [7, 11) is 0. The zero-order valence-electron chi connectivity index (χ0n) is 16.2. The maximum Gasteiger partial charge on any atom is 0.264 e. The van der Waals surface area contributed by atoms with Crippen molar-refractivity contribution < 1.29 is 14.7 Å². The standard InChI is InChI=1S/C25H20ClNO3/c26-21-11-5-2-8-17(21)15-27-22-12-6-4-10-19(22)25(30,24(27)29)20-14-13-16-7-1-3-9-18(16)23(20)28/h1-12,20,30H,13-15H2/t20-,25+/m1/s1. The number of aliphatic hydroxyl groups is 1. The molecule has 0 saturated heterocycles. The summed E-state index contributed by atoms with van der Waals surface area (Å²) < 4.78 is 0. The van der Waals surface area contributed by atoms with Gasteiger partial charge in [0.25, 0.3) is 5.91 Å². The molecule has 2 aliphatic rings. The lowest BCUT2D eigenvalue weighted by atomic mass is 9.71. The molecule has 2 atom stereocenters. The van der Waals surface area contributed by atoms with Crippen LogP contribution in [0.15, 0.2) is 72.8 Å². The number of benzene rings is 3. The predicted molar refractivity (Wildman–Crippen MR) is 116 cm³/mol. The zero-order chi connectivity index (χ0) is 20.9. The Bertz CT molecular complexity index is 1170. The number of para-hydroxylation sites is 1. The third-order valence-electron chi connectivity index (χ3n) is 6.27. The van der Waals surface area contributed by atoms with Gasteiger partial charge in [0.15, 0.2) is 11.4 Å². The van der Waals surface area contributed by atoms with Crippen LogP contribution in [0.2, 0.25) is 5.02 Å². The molecular formula is C25H20ClNO3. The molecule has 150 valence electrons. The molecule has 0 radical (unpaired) electrons. The lowest BCUT2D eigenvalue weighted by Crippen LogP contribution is -2.49. The van der Waals surface area contributed by atoms with Crippen LogP contribution in [0.3, 0.4) is 0 Å². The number of carbonyl (C=O) groups excluding carboxylic acids is 2. The molecule has 0 bridgehead atoms. The number of Topliss-reactive ketones (excluding diaryl/α,β-unsaturated/α-hetero) is 1. The van der Waals surface area contributed by atoms with E-state index in [9.17, 15) is 14.7 Å². The number of hydrogen-bond acceptors (Lipinski definition) is 3. The molecule has 5 heteroatoms. The van der Waals surface area contributed by atoms with E-state index < -0.39 is 17.4 Å². The molecule has 1 aliphatic heterocycles. The second-order valence-corrected chi connectivity index (χ2v) is 8.29. The van der Waals surface area contributed by atoms with Crippen LogP contribution in [0.4, 0.5) is 5.69 Å². The van der Waals surface area contributed by atoms with Crippen LogP contribution in [-0.4, -0.2) is 16.8 Å². The van der Waals surface area contributed by atoms with Crippen LogP contribution in [-0.2, 0) is 23.4 Å².